The lowest BCUT2D eigenvalue weighted by atomic mass is 10.2. The highest BCUT2D eigenvalue weighted by Crippen LogP contribution is 2.24. The van der Waals surface area contributed by atoms with E-state index in [1.807, 2.05) is 6.92 Å². The second kappa shape index (κ2) is 6.78. The van der Waals surface area contributed by atoms with Crippen LogP contribution in [0.2, 0.25) is 0 Å². The number of carbonyl (C=O) groups excluding carboxylic acids is 1. The van der Waals surface area contributed by atoms with Crippen molar-refractivity contribution in [3.8, 4) is 0 Å². The summed E-state index contributed by atoms with van der Waals surface area (Å²) in [5.74, 6) is -0.952. The number of benzene rings is 2. The van der Waals surface area contributed by atoms with Gasteiger partial charge in [0.1, 0.15) is 12.4 Å². The van der Waals surface area contributed by atoms with Gasteiger partial charge in [0, 0.05) is 7.05 Å². The van der Waals surface area contributed by atoms with E-state index < -0.39 is 28.3 Å². The zero-order chi connectivity index (χ0) is 17.0. The average molecular weight is 336 g/mol. The Morgan fingerprint density at radius 3 is 2.17 bits per heavy atom. The molecule has 0 saturated carbocycles. The summed E-state index contributed by atoms with van der Waals surface area (Å²) in [7, 11) is -2.52. The Morgan fingerprint density at radius 2 is 1.65 bits per heavy atom. The molecule has 2 rings (SSSR count). The van der Waals surface area contributed by atoms with Crippen LogP contribution in [0.3, 0.4) is 0 Å². The van der Waals surface area contributed by atoms with Gasteiger partial charge in [0.2, 0.25) is 5.91 Å². The maximum atomic E-state index is 13.1. The van der Waals surface area contributed by atoms with Gasteiger partial charge in [-0.25, -0.2) is 12.8 Å². The minimum Gasteiger partial charge on any atom is -0.358 e. The molecule has 122 valence electrons. The van der Waals surface area contributed by atoms with Gasteiger partial charge in [0.25, 0.3) is 10.0 Å². The molecule has 0 spiro atoms. The summed E-state index contributed by atoms with van der Waals surface area (Å²) in [6.07, 6.45) is 0. The third-order valence-electron chi connectivity index (χ3n) is 3.29. The molecule has 0 aromatic heterocycles. The Bertz CT molecular complexity index is 787. The quantitative estimate of drug-likeness (QED) is 0.909. The molecule has 1 N–H and O–H groups in total. The van der Waals surface area contributed by atoms with E-state index in [0.29, 0.717) is 0 Å². The zero-order valence-corrected chi connectivity index (χ0v) is 13.6. The molecule has 0 aliphatic heterocycles. The van der Waals surface area contributed by atoms with Gasteiger partial charge in [-0.3, -0.25) is 9.10 Å². The average Bonchev–Trinajstić information content (AvgIpc) is 2.53. The van der Waals surface area contributed by atoms with Gasteiger partial charge >= 0.3 is 0 Å². The number of hydrogen-bond donors (Lipinski definition) is 1. The minimum absolute atomic E-state index is 0.0660. The van der Waals surface area contributed by atoms with Crippen LogP contribution in [0.5, 0.6) is 0 Å². The number of nitrogens with zero attached hydrogens (tertiary/aromatic N) is 1. The van der Waals surface area contributed by atoms with Crippen molar-refractivity contribution in [2.45, 2.75) is 11.8 Å². The highest BCUT2D eigenvalue weighted by atomic mass is 32.2. The Morgan fingerprint density at radius 1 is 1.09 bits per heavy atom. The molecule has 0 radical (unpaired) electrons. The highest BCUT2D eigenvalue weighted by molar-refractivity contribution is 7.92. The molecule has 0 bridgehead atoms. The molecule has 0 aliphatic rings. The molecule has 2 aromatic carbocycles. The van der Waals surface area contributed by atoms with Crippen LogP contribution in [-0.4, -0.2) is 27.9 Å². The van der Waals surface area contributed by atoms with E-state index in [0.717, 1.165) is 22.0 Å². The van der Waals surface area contributed by atoms with E-state index in [4.69, 9.17) is 0 Å². The molecule has 0 aliphatic carbocycles. The first-order valence-electron chi connectivity index (χ1n) is 6.90. The lowest BCUT2D eigenvalue weighted by Gasteiger charge is -2.23. The van der Waals surface area contributed by atoms with E-state index in [1.54, 1.807) is 12.1 Å². The van der Waals surface area contributed by atoms with Crippen LogP contribution in [0, 0.1) is 12.7 Å². The number of aryl methyl sites for hydroxylation is 1. The normalized spacial score (nSPS) is 11.1. The van der Waals surface area contributed by atoms with Crippen LogP contribution in [-0.2, 0) is 14.8 Å². The Hall–Kier alpha value is -2.41. The topological polar surface area (TPSA) is 66.5 Å². The van der Waals surface area contributed by atoms with Crippen molar-refractivity contribution in [1.29, 1.82) is 0 Å². The van der Waals surface area contributed by atoms with Crippen LogP contribution in [0.1, 0.15) is 5.56 Å². The van der Waals surface area contributed by atoms with Crippen molar-refractivity contribution < 1.29 is 17.6 Å². The number of sulfonamides is 1. The summed E-state index contributed by atoms with van der Waals surface area (Å²) in [5, 5.41) is 2.39. The largest absolute Gasteiger partial charge is 0.358 e. The molecule has 0 unspecified atom stereocenters. The summed E-state index contributed by atoms with van der Waals surface area (Å²) in [6, 6.07) is 11.3. The van der Waals surface area contributed by atoms with Gasteiger partial charge in [-0.1, -0.05) is 17.7 Å². The van der Waals surface area contributed by atoms with Crippen LogP contribution < -0.4 is 9.62 Å². The van der Waals surface area contributed by atoms with Crippen molar-refractivity contribution in [1.82, 2.24) is 5.32 Å². The Balaban J connectivity index is 2.49. The molecule has 1 amide bonds. The third-order valence-corrected chi connectivity index (χ3v) is 5.08. The minimum atomic E-state index is -3.94. The van der Waals surface area contributed by atoms with E-state index in [1.165, 1.54) is 31.3 Å². The van der Waals surface area contributed by atoms with Crippen molar-refractivity contribution in [3.63, 3.8) is 0 Å². The van der Waals surface area contributed by atoms with Crippen LogP contribution >= 0.6 is 0 Å². The number of hydrogen-bond acceptors (Lipinski definition) is 3. The lowest BCUT2D eigenvalue weighted by Crippen LogP contribution is -2.39. The first-order valence-corrected chi connectivity index (χ1v) is 8.34. The van der Waals surface area contributed by atoms with E-state index >= 15 is 0 Å². The zero-order valence-electron chi connectivity index (χ0n) is 12.8. The summed E-state index contributed by atoms with van der Waals surface area (Å²) in [5.41, 5.74) is 1.14. The predicted octanol–water partition coefficient (Wildman–Crippen LogP) is 2.08. The molecule has 2 aromatic rings. The first-order chi connectivity index (χ1) is 10.8. The number of likely N-dealkylation sites (N-methyl/N-ethyl adjacent to an activating group) is 1. The smallest absolute Gasteiger partial charge is 0.264 e. The van der Waals surface area contributed by atoms with Crippen molar-refractivity contribution in [3.05, 3.63) is 59.9 Å². The molecule has 0 saturated heterocycles. The summed E-state index contributed by atoms with van der Waals surface area (Å²) in [4.78, 5) is 11.8. The highest BCUT2D eigenvalue weighted by Gasteiger charge is 2.26. The second-order valence-corrected chi connectivity index (χ2v) is 6.84. The number of amides is 1. The second-order valence-electron chi connectivity index (χ2n) is 4.97. The van der Waals surface area contributed by atoms with E-state index in [2.05, 4.69) is 5.32 Å². The lowest BCUT2D eigenvalue weighted by molar-refractivity contribution is -0.119. The van der Waals surface area contributed by atoms with Gasteiger partial charge < -0.3 is 5.32 Å². The standard InChI is InChI=1S/C16H17FN2O3S/c1-12-3-9-15(10-4-12)23(21,22)19(11-16(20)18-2)14-7-5-13(17)6-8-14/h3-10H,11H2,1-2H3,(H,18,20). The number of anilines is 1. The molecular weight excluding hydrogens is 319 g/mol. The van der Waals surface area contributed by atoms with Crippen molar-refractivity contribution in [2.75, 3.05) is 17.9 Å². The van der Waals surface area contributed by atoms with Crippen molar-refractivity contribution in [2.24, 2.45) is 0 Å². The third kappa shape index (κ3) is 3.87. The van der Waals surface area contributed by atoms with Crippen LogP contribution in [0.25, 0.3) is 0 Å². The molecule has 7 heteroatoms. The summed E-state index contributed by atoms with van der Waals surface area (Å²) in [6.45, 7) is 1.46. The predicted molar refractivity (Wildman–Crippen MR) is 86.2 cm³/mol. The first kappa shape index (κ1) is 17.0. The van der Waals surface area contributed by atoms with E-state index in [-0.39, 0.29) is 10.6 Å². The fourth-order valence-electron chi connectivity index (χ4n) is 1.97. The van der Waals surface area contributed by atoms with Gasteiger partial charge in [0.15, 0.2) is 0 Å². The van der Waals surface area contributed by atoms with E-state index in [9.17, 15) is 17.6 Å². The summed E-state index contributed by atoms with van der Waals surface area (Å²) < 4.78 is 39.7. The monoisotopic (exact) mass is 336 g/mol. The fourth-order valence-corrected chi connectivity index (χ4v) is 3.39. The van der Waals surface area contributed by atoms with Gasteiger partial charge in [-0.15, -0.1) is 0 Å². The molecule has 0 heterocycles. The van der Waals surface area contributed by atoms with Crippen LogP contribution in [0.4, 0.5) is 10.1 Å². The number of halogens is 1. The Kier molecular flexibility index (Phi) is 5.00. The molecule has 0 atom stereocenters. The van der Waals surface area contributed by atoms with Gasteiger partial charge in [0.05, 0.1) is 10.6 Å². The van der Waals surface area contributed by atoms with Gasteiger partial charge in [-0.05, 0) is 43.3 Å². The van der Waals surface area contributed by atoms with Crippen molar-refractivity contribution >= 4 is 21.6 Å². The number of nitrogens with one attached hydrogen (secondary N) is 1. The van der Waals surface area contributed by atoms with Crippen LogP contribution in [0.15, 0.2) is 53.4 Å². The summed E-state index contributed by atoms with van der Waals surface area (Å²) >= 11 is 0. The van der Waals surface area contributed by atoms with Gasteiger partial charge in [-0.2, -0.15) is 0 Å². The SMILES string of the molecule is CNC(=O)CN(c1ccc(F)cc1)S(=O)(=O)c1ccc(C)cc1. The number of carbonyl (C=O) groups is 1. The molecular formula is C16H17FN2O3S. The maximum Gasteiger partial charge on any atom is 0.264 e. The number of rotatable bonds is 5. The molecule has 0 fully saturated rings. The molecule has 23 heavy (non-hydrogen) atoms. The Labute approximate surface area is 134 Å². The fraction of sp³-hybridized carbons (Fsp3) is 0.188. The maximum absolute atomic E-state index is 13.1. The molecule has 5 nitrogen and oxygen atoms in total.